The highest BCUT2D eigenvalue weighted by molar-refractivity contribution is 7.99. The average molecular weight is 1320 g/mol. The van der Waals surface area contributed by atoms with E-state index in [0.29, 0.717) is 42.9 Å². The third-order valence-corrected chi connectivity index (χ3v) is 21.8. The van der Waals surface area contributed by atoms with Crippen LogP contribution in [-0.4, -0.2) is 150 Å². The molecule has 5 aromatic carbocycles. The van der Waals surface area contributed by atoms with Gasteiger partial charge in [-0.15, -0.1) is 6.58 Å². The number of urea groups is 1. The Morgan fingerprint density at radius 2 is 1.46 bits per heavy atom. The van der Waals surface area contributed by atoms with Crippen molar-refractivity contribution < 1.29 is 53.9 Å². The number of carbonyl (C=O) groups is 5. The zero-order valence-corrected chi connectivity index (χ0v) is 58.5. The van der Waals surface area contributed by atoms with Gasteiger partial charge in [-0.2, -0.15) is 0 Å². The van der Waals surface area contributed by atoms with E-state index in [4.69, 9.17) is 14.6 Å². The highest BCUT2D eigenvalue weighted by Gasteiger charge is 2.73. The first-order valence-electron chi connectivity index (χ1n) is 34.1. The number of phenols is 1. The van der Waals surface area contributed by atoms with Crippen LogP contribution in [0.4, 0.5) is 16.2 Å². The fourth-order valence-corrected chi connectivity index (χ4v) is 16.5. The molecule has 1 spiro atoms. The van der Waals surface area contributed by atoms with Crippen LogP contribution in [0.2, 0.25) is 0 Å². The third-order valence-electron chi connectivity index (χ3n) is 20.7. The number of barbiturate groups is 1. The number of benzene rings is 5. The molecule has 13 rings (SSSR count). The molecule has 17 nitrogen and oxygen atoms in total. The van der Waals surface area contributed by atoms with Crippen LogP contribution in [-0.2, 0) is 43.0 Å². The third kappa shape index (κ3) is 15.5. The first kappa shape index (κ1) is 72.2. The Morgan fingerprint density at radius 3 is 2.04 bits per heavy atom. The largest absolute Gasteiger partial charge is 0.504 e. The van der Waals surface area contributed by atoms with Gasteiger partial charge in [0.15, 0.2) is 23.4 Å². The maximum Gasteiger partial charge on any atom is 0.328 e. The highest BCUT2D eigenvalue weighted by atomic mass is 32.2. The molecule has 8 atom stereocenters. The minimum atomic E-state index is -1.19. The van der Waals surface area contributed by atoms with Crippen molar-refractivity contribution in [2.75, 3.05) is 66.4 Å². The zero-order chi connectivity index (χ0) is 68.7. The van der Waals surface area contributed by atoms with E-state index in [9.17, 15) is 39.3 Å². The molecular formula is C77H102N6O11S. The molecule has 6 N–H and O–H groups in total. The topological polar surface area (TPSA) is 222 Å². The molecule has 8 aliphatic rings. The van der Waals surface area contributed by atoms with Gasteiger partial charge in [0.05, 0.1) is 41.0 Å². The molecule has 4 aliphatic heterocycles. The summed E-state index contributed by atoms with van der Waals surface area (Å²) in [6, 6.07) is 36.6. The lowest BCUT2D eigenvalue weighted by Crippen LogP contribution is -2.76. The van der Waals surface area contributed by atoms with Gasteiger partial charge in [-0.3, -0.25) is 34.7 Å². The van der Waals surface area contributed by atoms with Gasteiger partial charge in [-0.1, -0.05) is 125 Å². The molecule has 0 aromatic heterocycles. The molecular weight excluding hydrogens is 1220 g/mol. The molecule has 5 aromatic rings. The number of rotatable bonds is 17. The number of nitrogens with zero attached hydrogens (tertiary/aromatic N) is 4. The summed E-state index contributed by atoms with van der Waals surface area (Å²) in [5, 5.41) is 46.6. The Kier molecular flexibility index (Phi) is 23.2. The summed E-state index contributed by atoms with van der Waals surface area (Å²) in [5.74, 6) is 1.05. The maximum absolute atomic E-state index is 12.7. The molecule has 4 heterocycles. The first-order valence-corrected chi connectivity index (χ1v) is 34.9. The highest BCUT2D eigenvalue weighted by Crippen LogP contribution is 2.65. The van der Waals surface area contributed by atoms with Crippen LogP contribution in [0, 0.1) is 29.1 Å². The second-order valence-electron chi connectivity index (χ2n) is 28.8. The molecule has 2 unspecified atom stereocenters. The number of carbonyl (C=O) groups excluding carboxylic acids is 4. The molecule has 4 amide bonds. The molecule has 0 radical (unpaired) electrons. The Hall–Kier alpha value is -7.06. The number of nitrogens with one attached hydrogen (secondary N) is 2. The molecule has 4 aliphatic carbocycles. The van der Waals surface area contributed by atoms with Gasteiger partial charge >= 0.3 is 12.0 Å². The van der Waals surface area contributed by atoms with Crippen LogP contribution in [0.15, 0.2) is 132 Å². The van der Waals surface area contributed by atoms with E-state index >= 15 is 0 Å². The summed E-state index contributed by atoms with van der Waals surface area (Å²) >= 11 is 1.87. The van der Waals surface area contributed by atoms with E-state index in [1.54, 1.807) is 20.1 Å². The van der Waals surface area contributed by atoms with Crippen molar-refractivity contribution in [2.24, 2.45) is 29.1 Å². The summed E-state index contributed by atoms with van der Waals surface area (Å²) in [7, 11) is 10.1. The van der Waals surface area contributed by atoms with E-state index in [1.807, 2.05) is 80.2 Å². The number of hydrogen-bond acceptors (Lipinski definition) is 15. The molecule has 3 saturated carbocycles. The Labute approximate surface area is 567 Å². The molecule has 512 valence electrons. The second-order valence-corrected chi connectivity index (χ2v) is 29.9. The number of carboxylic acids is 1. The molecule has 18 heteroatoms. The number of Topliss-reactive ketones (excluding diaryl/α,β-unsaturated/α-hetero) is 1. The standard InChI is InChI=1S/C20H23NO4.C17H20N2S.C16H25NO2.C13H18O2.C11H16N2O3/c22-13-4-3-12-9-15-20(24)6-5-14(23)18-19(20,16(12)17(13)25-18)7-8-21(15)10-11-1-2-11;1-13(18(2)3)12-19-14-8-4-6-10-16(14)20-17-11-7-5-9-15(17)19;1-17(2)12-14-7-4-5-10-16(14,18)13-8-6-9-15(11-13)19-3;1-9(2)8-11-4-6-12(7-5-11)10(3)13(14)15;1-4-5-11(6-7(2)3)8(14)12-10(16)13-9(11)15/h3-4,11,15,18,22,24H,1-2,5-10H2;4-11,13H,12H2,1-3H3;6,8-9,11,14,18H,4-5,7,10,12H2,1-3H3;4-7,9-10H,8H2,1-3H3,(H,14,15);4,7H,1,5-6H2,2-3H3,(H2,12,13,14,15,16)/t15-,18+,19+,20-;;14-,16+;;/m1.1../s1. The molecule has 2 bridgehead atoms. The monoisotopic (exact) mass is 1320 g/mol. The molecule has 95 heavy (non-hydrogen) atoms. The fraction of sp³-hybridized carbons (Fsp3) is 0.519. The second kappa shape index (κ2) is 30.6. The van der Waals surface area contributed by atoms with Gasteiger partial charge in [-0.05, 0) is 195 Å². The number of phenolic OH excluding ortho intramolecular Hbond substituents is 1. The summed E-state index contributed by atoms with van der Waals surface area (Å²) in [6.07, 6.45) is 11.8. The Balaban J connectivity index is 0.000000142. The fourth-order valence-electron chi connectivity index (χ4n) is 15.4. The number of para-hydroxylation sites is 2. The van der Waals surface area contributed by atoms with Gasteiger partial charge < -0.3 is 44.6 Å². The number of piperidine rings is 1. The lowest BCUT2D eigenvalue weighted by atomic mass is 9.49. The van der Waals surface area contributed by atoms with Crippen molar-refractivity contribution in [3.8, 4) is 17.2 Å². The zero-order valence-electron chi connectivity index (χ0n) is 57.7. The number of allylic oxidation sites excluding steroid dienone is 1. The van der Waals surface area contributed by atoms with E-state index in [1.165, 1.54) is 52.1 Å². The SMILES string of the molecule is C=CCC1(CC(C)C)C(=O)NC(=O)NC1=O.CC(C)Cc1ccc(C(C)C(=O)O)cc1.CC(CN1c2ccccc2Sc2ccccc21)N(C)C.COc1cccc([C@@]2(O)CCCC[C@@H]2CN(C)C)c1.O=C1CC[C@@]2(O)[C@H]3Cc4ccc(O)c5c4[C@@]2(CCN3CC2CC2)[C@H]1O5. The van der Waals surface area contributed by atoms with E-state index < -0.39 is 57.9 Å². The minimum Gasteiger partial charge on any atom is -0.504 e. The lowest BCUT2D eigenvalue weighted by Gasteiger charge is -2.62. The number of carboxylic acid groups (broad SMARTS) is 1. The van der Waals surface area contributed by atoms with Crippen LogP contribution in [0.25, 0.3) is 0 Å². The predicted octanol–water partition coefficient (Wildman–Crippen LogP) is 12.4. The number of aliphatic hydroxyl groups is 2. The van der Waals surface area contributed by atoms with Crippen LogP contribution in [0.3, 0.4) is 0 Å². The normalized spacial score (nSPS) is 24.8. The van der Waals surface area contributed by atoms with Gasteiger partial charge in [0.25, 0.3) is 0 Å². The number of aromatic hydroxyl groups is 1. The van der Waals surface area contributed by atoms with Crippen molar-refractivity contribution in [3.63, 3.8) is 0 Å². The van der Waals surface area contributed by atoms with Gasteiger partial charge in [0.1, 0.15) is 11.2 Å². The number of methoxy groups -OCH3 is 1. The van der Waals surface area contributed by atoms with Crippen molar-refractivity contribution in [1.82, 2.24) is 25.3 Å². The van der Waals surface area contributed by atoms with Crippen LogP contribution < -0.4 is 25.0 Å². The number of fused-ring (bicyclic) bond motifs is 2. The van der Waals surface area contributed by atoms with Crippen molar-refractivity contribution in [1.29, 1.82) is 0 Å². The number of amides is 4. The average Bonchev–Trinajstić information content (AvgIpc) is 1.56. The quantitative estimate of drug-likeness (QED) is 0.0376. The number of ketones is 1. The number of likely N-dealkylation sites (N-methyl/N-ethyl adjacent to an activating group) is 1. The smallest absolute Gasteiger partial charge is 0.328 e. The molecule has 5 fully saturated rings. The van der Waals surface area contributed by atoms with E-state index in [-0.39, 0.29) is 29.9 Å². The summed E-state index contributed by atoms with van der Waals surface area (Å²) in [5.41, 5.74) is 4.34. The van der Waals surface area contributed by atoms with Crippen molar-refractivity contribution in [3.05, 3.63) is 150 Å². The Morgan fingerprint density at radius 1 is 0.811 bits per heavy atom. The number of aliphatic carboxylic acids is 1. The molecule has 2 saturated heterocycles. The number of likely N-dealkylation sites (tertiary alicyclic amines) is 1. The number of ether oxygens (including phenoxy) is 2. The van der Waals surface area contributed by atoms with Gasteiger partial charge in [-0.25, -0.2) is 4.79 Å². The van der Waals surface area contributed by atoms with E-state index in [0.717, 1.165) is 98.6 Å². The summed E-state index contributed by atoms with van der Waals surface area (Å²) in [4.78, 5) is 70.1. The Bertz CT molecular complexity index is 3490. The summed E-state index contributed by atoms with van der Waals surface area (Å²) < 4.78 is 11.3. The van der Waals surface area contributed by atoms with Gasteiger partial charge in [0, 0.05) is 59.4 Å². The van der Waals surface area contributed by atoms with Crippen molar-refractivity contribution >= 4 is 52.7 Å². The van der Waals surface area contributed by atoms with E-state index in [2.05, 4.69) is 134 Å². The van der Waals surface area contributed by atoms with Crippen LogP contribution >= 0.6 is 11.8 Å². The minimum absolute atomic E-state index is 0.0454. The summed E-state index contributed by atoms with van der Waals surface area (Å²) in [6.45, 7) is 19.6. The van der Waals surface area contributed by atoms with Crippen LogP contribution in [0.5, 0.6) is 17.2 Å². The first-order chi connectivity index (χ1) is 45.2. The van der Waals surface area contributed by atoms with Crippen LogP contribution in [0.1, 0.15) is 146 Å². The number of anilines is 2. The number of imide groups is 2. The predicted molar refractivity (Wildman–Crippen MR) is 374 cm³/mol. The van der Waals surface area contributed by atoms with Crippen molar-refractivity contribution in [2.45, 2.75) is 176 Å². The lowest BCUT2D eigenvalue weighted by molar-refractivity contribution is -0.188. The number of hydrogen-bond donors (Lipinski definition) is 6. The van der Waals surface area contributed by atoms with Gasteiger partial charge in [0.2, 0.25) is 11.8 Å². The maximum atomic E-state index is 12.7.